The molecule has 0 aliphatic carbocycles. The van der Waals surface area contributed by atoms with Gasteiger partial charge in [0.05, 0.1) is 23.9 Å². The normalized spacial score (nSPS) is 15.3. The molecule has 10 heteroatoms. The highest BCUT2D eigenvalue weighted by Crippen LogP contribution is 2.19. The summed E-state index contributed by atoms with van der Waals surface area (Å²) < 4.78 is 27.9. The summed E-state index contributed by atoms with van der Waals surface area (Å²) in [7, 11) is -3.57. The predicted octanol–water partition coefficient (Wildman–Crippen LogP) is 1.17. The number of carbonyl (C=O) groups excluding carboxylic acids is 1. The zero-order valence-electron chi connectivity index (χ0n) is 15.6. The number of nitrogens with one attached hydrogen (secondary N) is 2. The van der Waals surface area contributed by atoms with Gasteiger partial charge in [-0.25, -0.2) is 18.4 Å². The van der Waals surface area contributed by atoms with E-state index >= 15 is 0 Å². The van der Waals surface area contributed by atoms with E-state index in [1.165, 1.54) is 21.4 Å². The fourth-order valence-corrected chi connectivity index (χ4v) is 4.74. The van der Waals surface area contributed by atoms with Crippen LogP contribution in [0.25, 0.3) is 11.0 Å². The van der Waals surface area contributed by atoms with Crippen molar-refractivity contribution in [3.05, 3.63) is 42.1 Å². The number of carbonyl (C=O) groups is 1. The van der Waals surface area contributed by atoms with Crippen molar-refractivity contribution in [2.24, 2.45) is 0 Å². The lowest BCUT2D eigenvalue weighted by atomic mass is 10.2. The number of hydrogen-bond acceptors (Lipinski definition) is 5. The van der Waals surface area contributed by atoms with Crippen LogP contribution in [0.1, 0.15) is 24.2 Å². The number of hydrogen-bond donors (Lipinski definition) is 2. The molecule has 3 heterocycles. The molecular formula is C18H22N6O3S. The number of H-pyrrole nitrogens is 1. The first-order valence-corrected chi connectivity index (χ1v) is 10.6. The van der Waals surface area contributed by atoms with Crippen LogP contribution in [0.5, 0.6) is 0 Å². The molecule has 148 valence electrons. The number of benzene rings is 1. The van der Waals surface area contributed by atoms with E-state index in [0.717, 1.165) is 29.4 Å². The SMILES string of the molecule is Cc1ccc2nc(CNC(=O)Cn3cnc(S(=O)(=O)N4CCCC4)c3)[nH]c2c1. The van der Waals surface area contributed by atoms with E-state index < -0.39 is 10.0 Å². The molecule has 2 aromatic heterocycles. The maximum atomic E-state index is 12.5. The molecule has 0 unspecified atom stereocenters. The summed E-state index contributed by atoms with van der Waals surface area (Å²) in [6.07, 6.45) is 4.50. The van der Waals surface area contributed by atoms with Crippen molar-refractivity contribution in [1.82, 2.24) is 29.1 Å². The van der Waals surface area contributed by atoms with Gasteiger partial charge in [-0.2, -0.15) is 4.31 Å². The van der Waals surface area contributed by atoms with Crippen molar-refractivity contribution < 1.29 is 13.2 Å². The minimum Gasteiger partial charge on any atom is -0.347 e. The molecule has 0 saturated carbocycles. The number of aromatic amines is 1. The molecule has 28 heavy (non-hydrogen) atoms. The zero-order valence-corrected chi connectivity index (χ0v) is 16.4. The zero-order chi connectivity index (χ0) is 19.7. The van der Waals surface area contributed by atoms with E-state index in [9.17, 15) is 13.2 Å². The van der Waals surface area contributed by atoms with Crippen LogP contribution in [0.2, 0.25) is 0 Å². The average molecular weight is 402 g/mol. The molecule has 0 bridgehead atoms. The van der Waals surface area contributed by atoms with Gasteiger partial charge in [-0.1, -0.05) is 6.07 Å². The summed E-state index contributed by atoms with van der Waals surface area (Å²) in [5.74, 6) is 0.413. The first-order chi connectivity index (χ1) is 13.4. The number of rotatable bonds is 6. The minimum atomic E-state index is -3.57. The van der Waals surface area contributed by atoms with Gasteiger partial charge < -0.3 is 14.9 Å². The van der Waals surface area contributed by atoms with Crippen LogP contribution in [0, 0.1) is 6.92 Å². The third kappa shape index (κ3) is 3.78. The number of amides is 1. The van der Waals surface area contributed by atoms with Gasteiger partial charge in [-0.05, 0) is 37.5 Å². The summed E-state index contributed by atoms with van der Waals surface area (Å²) in [6.45, 7) is 3.30. The van der Waals surface area contributed by atoms with Crippen LogP contribution >= 0.6 is 0 Å². The summed E-state index contributed by atoms with van der Waals surface area (Å²) in [5.41, 5.74) is 2.91. The summed E-state index contributed by atoms with van der Waals surface area (Å²) >= 11 is 0. The summed E-state index contributed by atoms with van der Waals surface area (Å²) in [4.78, 5) is 23.8. The van der Waals surface area contributed by atoms with Crippen molar-refractivity contribution >= 4 is 27.0 Å². The molecule has 0 radical (unpaired) electrons. The Morgan fingerprint density at radius 1 is 1.29 bits per heavy atom. The quantitative estimate of drug-likeness (QED) is 0.643. The van der Waals surface area contributed by atoms with Crippen LogP contribution < -0.4 is 5.32 Å². The first kappa shape index (κ1) is 18.6. The average Bonchev–Trinajstić information content (AvgIpc) is 3.40. The minimum absolute atomic E-state index is 0.0120. The Bertz CT molecular complexity index is 1110. The Kier molecular flexibility index (Phi) is 4.90. The molecular weight excluding hydrogens is 380 g/mol. The van der Waals surface area contributed by atoms with Crippen molar-refractivity contribution in [3.8, 4) is 0 Å². The van der Waals surface area contributed by atoms with E-state index in [1.807, 2.05) is 25.1 Å². The molecule has 0 atom stereocenters. The van der Waals surface area contributed by atoms with Gasteiger partial charge in [-0.15, -0.1) is 0 Å². The highest BCUT2D eigenvalue weighted by Gasteiger charge is 2.29. The molecule has 1 aliphatic rings. The number of aromatic nitrogens is 4. The third-order valence-electron chi connectivity index (χ3n) is 4.74. The number of sulfonamides is 1. The van der Waals surface area contributed by atoms with E-state index in [4.69, 9.17) is 0 Å². The Balaban J connectivity index is 1.36. The van der Waals surface area contributed by atoms with Gasteiger partial charge in [0.15, 0.2) is 5.03 Å². The van der Waals surface area contributed by atoms with E-state index in [2.05, 4.69) is 20.3 Å². The highest BCUT2D eigenvalue weighted by atomic mass is 32.2. The molecule has 1 aliphatic heterocycles. The molecule has 1 amide bonds. The largest absolute Gasteiger partial charge is 0.347 e. The predicted molar refractivity (Wildman–Crippen MR) is 103 cm³/mol. The van der Waals surface area contributed by atoms with E-state index in [1.54, 1.807) is 0 Å². The molecule has 1 saturated heterocycles. The maximum absolute atomic E-state index is 12.5. The van der Waals surface area contributed by atoms with E-state index in [0.29, 0.717) is 18.9 Å². The monoisotopic (exact) mass is 402 g/mol. The van der Waals surface area contributed by atoms with Gasteiger partial charge in [-0.3, -0.25) is 4.79 Å². The topological polar surface area (TPSA) is 113 Å². The van der Waals surface area contributed by atoms with Crippen LogP contribution in [0.3, 0.4) is 0 Å². The Hall–Kier alpha value is -2.72. The van der Waals surface area contributed by atoms with Gasteiger partial charge in [0, 0.05) is 19.3 Å². The fourth-order valence-electron chi connectivity index (χ4n) is 3.28. The second-order valence-corrected chi connectivity index (χ2v) is 8.86. The number of imidazole rings is 2. The van der Waals surface area contributed by atoms with Gasteiger partial charge >= 0.3 is 0 Å². The van der Waals surface area contributed by atoms with Crippen LogP contribution in [0.4, 0.5) is 0 Å². The lowest BCUT2D eigenvalue weighted by Crippen LogP contribution is -2.28. The second-order valence-electron chi connectivity index (χ2n) is 6.98. The Morgan fingerprint density at radius 3 is 2.86 bits per heavy atom. The molecule has 1 aromatic carbocycles. The molecule has 4 rings (SSSR count). The smallest absolute Gasteiger partial charge is 0.262 e. The molecule has 1 fully saturated rings. The van der Waals surface area contributed by atoms with Crippen LogP contribution in [0.15, 0.2) is 35.7 Å². The number of nitrogens with zero attached hydrogens (tertiary/aromatic N) is 4. The van der Waals surface area contributed by atoms with Crippen molar-refractivity contribution in [3.63, 3.8) is 0 Å². The van der Waals surface area contributed by atoms with Crippen molar-refractivity contribution in [2.45, 2.75) is 37.9 Å². The lowest BCUT2D eigenvalue weighted by molar-refractivity contribution is -0.121. The van der Waals surface area contributed by atoms with E-state index in [-0.39, 0.29) is 24.0 Å². The Morgan fingerprint density at radius 2 is 2.07 bits per heavy atom. The molecule has 2 N–H and O–H groups in total. The third-order valence-corrected chi connectivity index (χ3v) is 6.53. The molecule has 3 aromatic rings. The highest BCUT2D eigenvalue weighted by molar-refractivity contribution is 7.89. The number of aryl methyl sites for hydroxylation is 1. The summed E-state index contributed by atoms with van der Waals surface area (Å²) in [5, 5.41) is 2.77. The number of fused-ring (bicyclic) bond motifs is 1. The fraction of sp³-hybridized carbons (Fsp3) is 0.389. The second kappa shape index (κ2) is 7.36. The van der Waals surface area contributed by atoms with Gasteiger partial charge in [0.25, 0.3) is 10.0 Å². The van der Waals surface area contributed by atoms with Crippen molar-refractivity contribution in [2.75, 3.05) is 13.1 Å². The lowest BCUT2D eigenvalue weighted by Gasteiger charge is -2.12. The van der Waals surface area contributed by atoms with Gasteiger partial charge in [0.1, 0.15) is 12.4 Å². The van der Waals surface area contributed by atoms with Crippen LogP contribution in [-0.4, -0.2) is 51.2 Å². The van der Waals surface area contributed by atoms with Crippen molar-refractivity contribution in [1.29, 1.82) is 0 Å². The molecule has 0 spiro atoms. The molecule has 9 nitrogen and oxygen atoms in total. The Labute approximate surface area is 162 Å². The van der Waals surface area contributed by atoms with Gasteiger partial charge in [0.2, 0.25) is 5.91 Å². The maximum Gasteiger partial charge on any atom is 0.262 e. The first-order valence-electron chi connectivity index (χ1n) is 9.16. The van der Waals surface area contributed by atoms with Crippen LogP contribution in [-0.2, 0) is 27.9 Å². The summed E-state index contributed by atoms with van der Waals surface area (Å²) in [6, 6.07) is 5.92. The standard InChI is InChI=1S/C18H22N6O3S/c1-13-4-5-14-15(8-13)22-16(21-14)9-19-17(25)10-23-11-18(20-12-23)28(26,27)24-6-2-3-7-24/h4-5,8,11-12H,2-3,6-7,9-10H2,1H3,(H,19,25)(H,21,22).